The molecule has 0 radical (unpaired) electrons. The van der Waals surface area contributed by atoms with Gasteiger partial charge in [-0.25, -0.2) is 0 Å². The van der Waals surface area contributed by atoms with Gasteiger partial charge in [0, 0.05) is 31.1 Å². The molecule has 0 aromatic rings. The first-order valence-electron chi connectivity index (χ1n) is 8.85. The Morgan fingerprint density at radius 1 is 1.14 bits per heavy atom. The number of likely N-dealkylation sites (tertiary alicyclic amines) is 1. The van der Waals surface area contributed by atoms with E-state index in [1.165, 1.54) is 19.4 Å². The van der Waals surface area contributed by atoms with Crippen molar-refractivity contribution < 1.29 is 4.74 Å². The molecule has 1 N–H and O–H groups in total. The van der Waals surface area contributed by atoms with E-state index in [2.05, 4.69) is 58.7 Å². The van der Waals surface area contributed by atoms with Crippen molar-refractivity contribution in [1.82, 2.24) is 10.2 Å². The molecule has 0 aromatic carbocycles. The second kappa shape index (κ2) is 6.17. The normalized spacial score (nSPS) is 39.0. The third-order valence-corrected chi connectivity index (χ3v) is 5.53. The van der Waals surface area contributed by atoms with E-state index >= 15 is 0 Å². The van der Waals surface area contributed by atoms with Crippen molar-refractivity contribution in [1.29, 1.82) is 0 Å². The fourth-order valence-corrected chi connectivity index (χ4v) is 4.61. The maximum atomic E-state index is 6.44. The van der Waals surface area contributed by atoms with E-state index in [0.717, 1.165) is 19.0 Å². The first kappa shape index (κ1) is 17.2. The largest absolute Gasteiger partial charge is 0.368 e. The van der Waals surface area contributed by atoms with Crippen molar-refractivity contribution in [2.24, 2.45) is 11.8 Å². The molecule has 0 bridgehead atoms. The number of hydrogen-bond acceptors (Lipinski definition) is 3. The number of hydrogen-bond donors (Lipinski definition) is 1. The summed E-state index contributed by atoms with van der Waals surface area (Å²) in [5.41, 5.74) is -0.141. The Morgan fingerprint density at radius 2 is 1.81 bits per heavy atom. The minimum absolute atomic E-state index is 0.0551. The molecule has 2 aliphatic rings. The van der Waals surface area contributed by atoms with Gasteiger partial charge in [0.2, 0.25) is 0 Å². The van der Waals surface area contributed by atoms with Gasteiger partial charge in [0.1, 0.15) is 0 Å². The van der Waals surface area contributed by atoms with Gasteiger partial charge in [0.05, 0.1) is 11.2 Å². The summed E-state index contributed by atoms with van der Waals surface area (Å²) in [7, 11) is 0. The van der Waals surface area contributed by atoms with Crippen LogP contribution >= 0.6 is 0 Å². The highest BCUT2D eigenvalue weighted by molar-refractivity contribution is 5.06. The Hall–Kier alpha value is -0.120. The van der Waals surface area contributed by atoms with Crippen LogP contribution in [-0.2, 0) is 4.74 Å². The number of ether oxygens (including phenoxy) is 1. The Balaban J connectivity index is 2.12. The van der Waals surface area contributed by atoms with Gasteiger partial charge in [-0.15, -0.1) is 0 Å². The molecule has 124 valence electrons. The maximum absolute atomic E-state index is 6.44. The van der Waals surface area contributed by atoms with E-state index in [4.69, 9.17) is 4.74 Å². The van der Waals surface area contributed by atoms with Gasteiger partial charge >= 0.3 is 0 Å². The summed E-state index contributed by atoms with van der Waals surface area (Å²) < 4.78 is 6.44. The molecule has 2 saturated heterocycles. The average Bonchev–Trinajstić information content (AvgIpc) is 2.72. The second-order valence-corrected chi connectivity index (χ2v) is 8.49. The quantitative estimate of drug-likeness (QED) is 0.842. The lowest BCUT2D eigenvalue weighted by molar-refractivity contribution is -0.0797. The summed E-state index contributed by atoms with van der Waals surface area (Å²) in [6.07, 6.45) is 2.52. The lowest BCUT2D eigenvalue weighted by atomic mass is 9.82. The van der Waals surface area contributed by atoms with Crippen LogP contribution in [0.2, 0.25) is 0 Å². The second-order valence-electron chi connectivity index (χ2n) is 8.49. The van der Waals surface area contributed by atoms with Crippen molar-refractivity contribution in [3.05, 3.63) is 0 Å². The third-order valence-electron chi connectivity index (χ3n) is 5.53. The van der Waals surface area contributed by atoms with E-state index in [-0.39, 0.29) is 11.2 Å². The zero-order chi connectivity index (χ0) is 15.8. The molecule has 0 aliphatic carbocycles. The Labute approximate surface area is 131 Å². The monoisotopic (exact) mass is 296 g/mol. The topological polar surface area (TPSA) is 24.5 Å². The van der Waals surface area contributed by atoms with Crippen LogP contribution in [0.5, 0.6) is 0 Å². The van der Waals surface area contributed by atoms with Crippen LogP contribution in [-0.4, -0.2) is 47.8 Å². The highest BCUT2D eigenvalue weighted by Crippen LogP contribution is 2.43. The molecule has 4 atom stereocenters. The Morgan fingerprint density at radius 3 is 2.33 bits per heavy atom. The molecule has 3 heteroatoms. The minimum Gasteiger partial charge on any atom is -0.368 e. The molecule has 2 heterocycles. The van der Waals surface area contributed by atoms with Crippen LogP contribution < -0.4 is 5.32 Å². The van der Waals surface area contributed by atoms with Crippen molar-refractivity contribution in [3.63, 3.8) is 0 Å². The van der Waals surface area contributed by atoms with E-state index in [1.807, 2.05) is 0 Å². The molecule has 4 unspecified atom stereocenters. The summed E-state index contributed by atoms with van der Waals surface area (Å²) in [5, 5.41) is 3.78. The Bertz CT molecular complexity index is 353. The highest BCUT2D eigenvalue weighted by Gasteiger charge is 2.54. The molecule has 0 amide bonds. The maximum Gasteiger partial charge on any atom is 0.0790 e. The molecule has 3 nitrogen and oxygen atoms in total. The van der Waals surface area contributed by atoms with E-state index in [1.54, 1.807) is 0 Å². The Kier molecular flexibility index (Phi) is 5.07. The average molecular weight is 296 g/mol. The van der Waals surface area contributed by atoms with Crippen LogP contribution in [0.25, 0.3) is 0 Å². The molecule has 0 saturated carbocycles. The van der Waals surface area contributed by atoms with Crippen molar-refractivity contribution in [2.75, 3.05) is 19.6 Å². The fraction of sp³-hybridized carbons (Fsp3) is 1.00. The zero-order valence-electron chi connectivity index (χ0n) is 15.2. The molecule has 2 fully saturated rings. The molecule has 2 aliphatic heterocycles. The van der Waals surface area contributed by atoms with Crippen LogP contribution in [0.4, 0.5) is 0 Å². The van der Waals surface area contributed by atoms with Gasteiger partial charge < -0.3 is 10.1 Å². The van der Waals surface area contributed by atoms with Gasteiger partial charge in [0.15, 0.2) is 0 Å². The minimum atomic E-state index is -0.0854. The first-order valence-corrected chi connectivity index (χ1v) is 8.85. The van der Waals surface area contributed by atoms with Gasteiger partial charge in [0.25, 0.3) is 0 Å². The predicted molar refractivity (Wildman–Crippen MR) is 89.6 cm³/mol. The van der Waals surface area contributed by atoms with Crippen molar-refractivity contribution in [2.45, 2.75) is 84.6 Å². The van der Waals surface area contributed by atoms with Crippen LogP contribution in [0.1, 0.15) is 61.3 Å². The van der Waals surface area contributed by atoms with E-state index in [9.17, 15) is 0 Å². The van der Waals surface area contributed by atoms with Crippen LogP contribution in [0.15, 0.2) is 0 Å². The van der Waals surface area contributed by atoms with Crippen molar-refractivity contribution >= 4 is 0 Å². The van der Waals surface area contributed by atoms with E-state index in [0.29, 0.717) is 18.0 Å². The zero-order valence-corrected chi connectivity index (χ0v) is 15.2. The van der Waals surface area contributed by atoms with Crippen LogP contribution in [0.3, 0.4) is 0 Å². The van der Waals surface area contributed by atoms with Crippen LogP contribution in [0, 0.1) is 11.8 Å². The molecule has 21 heavy (non-hydrogen) atoms. The highest BCUT2D eigenvalue weighted by atomic mass is 16.5. The van der Waals surface area contributed by atoms with Gasteiger partial charge in [-0.1, -0.05) is 13.8 Å². The van der Waals surface area contributed by atoms with Gasteiger partial charge in [-0.3, -0.25) is 4.90 Å². The molecule has 2 rings (SSSR count). The fourth-order valence-electron chi connectivity index (χ4n) is 4.61. The lowest BCUT2D eigenvalue weighted by Gasteiger charge is -2.35. The summed E-state index contributed by atoms with van der Waals surface area (Å²) >= 11 is 0. The summed E-state index contributed by atoms with van der Waals surface area (Å²) in [6.45, 7) is 19.5. The van der Waals surface area contributed by atoms with Gasteiger partial charge in [-0.05, 0) is 59.9 Å². The number of nitrogens with zero attached hydrogens (tertiary/aromatic N) is 1. The smallest absolute Gasteiger partial charge is 0.0790 e. The SMILES string of the molecule is CCCNC1C(CN2CC(C)CC2C)C(C)(C)OC1(C)C. The molecular weight excluding hydrogens is 260 g/mol. The summed E-state index contributed by atoms with van der Waals surface area (Å²) in [5.74, 6) is 1.38. The standard InChI is InChI=1S/C18H36N2O/c1-8-9-19-16-15(17(4,5)21-18(16,6)7)12-20-11-13(2)10-14(20)3/h13-16,19H,8-12H2,1-7H3. The third kappa shape index (κ3) is 3.62. The molecule has 0 aromatic heterocycles. The molecular formula is C18H36N2O. The number of nitrogens with one attached hydrogen (secondary N) is 1. The lowest BCUT2D eigenvalue weighted by Crippen LogP contribution is -2.51. The summed E-state index contributed by atoms with van der Waals surface area (Å²) in [6, 6.07) is 1.15. The van der Waals surface area contributed by atoms with Crippen molar-refractivity contribution in [3.8, 4) is 0 Å². The van der Waals surface area contributed by atoms with E-state index < -0.39 is 0 Å². The first-order chi connectivity index (χ1) is 9.67. The predicted octanol–water partition coefficient (Wildman–Crippen LogP) is 3.29. The van der Waals surface area contributed by atoms with Gasteiger partial charge in [-0.2, -0.15) is 0 Å². The summed E-state index contributed by atoms with van der Waals surface area (Å²) in [4.78, 5) is 2.68. The number of rotatable bonds is 5. The molecule has 0 spiro atoms.